The molecule has 0 bridgehead atoms. The van der Waals surface area contributed by atoms with E-state index in [0.717, 1.165) is 5.56 Å². The van der Waals surface area contributed by atoms with Crippen LogP contribution in [0, 0.1) is 6.92 Å². The van der Waals surface area contributed by atoms with Gasteiger partial charge in [-0.05, 0) is 12.5 Å². The molecule has 0 radical (unpaired) electrons. The highest BCUT2D eigenvalue weighted by molar-refractivity contribution is 6.86. The lowest BCUT2D eigenvalue weighted by atomic mass is 9.32. The number of benzene rings is 2. The van der Waals surface area contributed by atoms with E-state index >= 15 is 0 Å². The fourth-order valence-electron chi connectivity index (χ4n) is 3.99. The van der Waals surface area contributed by atoms with Gasteiger partial charge in [0.15, 0.2) is 4.33 Å². The van der Waals surface area contributed by atoms with Crippen LogP contribution in [0.1, 0.15) is 43.2 Å². The van der Waals surface area contributed by atoms with Crippen molar-refractivity contribution < 1.29 is 0 Å². The van der Waals surface area contributed by atoms with Crippen molar-refractivity contribution in [1.82, 2.24) is 0 Å². The van der Waals surface area contributed by atoms with Crippen LogP contribution < -0.4 is 10.9 Å². The van der Waals surface area contributed by atoms with Crippen molar-refractivity contribution in [3.8, 4) is 0 Å². The Morgan fingerprint density at radius 2 is 1.40 bits per heavy atom. The Labute approximate surface area is 166 Å². The summed E-state index contributed by atoms with van der Waals surface area (Å²) in [6.07, 6.45) is 6.65. The molecule has 0 amide bonds. The first-order chi connectivity index (χ1) is 12.0. The highest BCUT2D eigenvalue weighted by Gasteiger charge is 2.31. The number of alkyl halides is 3. The zero-order valence-corrected chi connectivity index (χ0v) is 16.9. The summed E-state index contributed by atoms with van der Waals surface area (Å²) in [6.45, 7) is 2.58. The van der Waals surface area contributed by atoms with Gasteiger partial charge < -0.3 is 0 Å². The number of hydrogen-bond donors (Lipinski definition) is 0. The van der Waals surface area contributed by atoms with Crippen LogP contribution in [0.4, 0.5) is 0 Å². The molecule has 0 aliphatic heterocycles. The van der Waals surface area contributed by atoms with Gasteiger partial charge in [0.25, 0.3) is 0 Å². The summed E-state index contributed by atoms with van der Waals surface area (Å²) < 4.78 is -1.02. The van der Waals surface area contributed by atoms with Crippen LogP contribution in [-0.4, -0.2) is 12.6 Å². The summed E-state index contributed by atoms with van der Waals surface area (Å²) >= 11 is 18.5. The molecule has 0 heterocycles. The maximum Gasteiger partial charge on any atom is 0.212 e. The van der Waals surface area contributed by atoms with Crippen molar-refractivity contribution in [3.05, 3.63) is 59.7 Å². The third kappa shape index (κ3) is 4.56. The number of aryl methyl sites for hydroxylation is 1. The van der Waals surface area contributed by atoms with E-state index in [4.69, 9.17) is 34.8 Å². The summed E-state index contributed by atoms with van der Waals surface area (Å²) in [7, 11) is 0. The van der Waals surface area contributed by atoms with Gasteiger partial charge in [-0.15, -0.1) is 11.6 Å². The molecule has 1 fully saturated rings. The average Bonchev–Trinajstić information content (AvgIpc) is 2.65. The van der Waals surface area contributed by atoms with Crippen molar-refractivity contribution in [2.24, 2.45) is 0 Å². The number of hydrogen-bond acceptors (Lipinski definition) is 0. The Kier molecular flexibility index (Phi) is 6.42. The summed E-state index contributed by atoms with van der Waals surface area (Å²) in [6, 6.07) is 17.4. The van der Waals surface area contributed by atoms with Crippen molar-refractivity contribution in [3.63, 3.8) is 0 Å². The van der Waals surface area contributed by atoms with E-state index in [2.05, 4.69) is 43.3 Å². The predicted molar refractivity (Wildman–Crippen MR) is 114 cm³/mol. The summed E-state index contributed by atoms with van der Waals surface area (Å²) in [5, 5.41) is 0. The van der Waals surface area contributed by atoms with Gasteiger partial charge in [0.1, 0.15) is 0 Å². The van der Waals surface area contributed by atoms with Crippen LogP contribution >= 0.6 is 34.8 Å². The average molecular weight is 394 g/mol. The number of halogens is 3. The quantitative estimate of drug-likeness (QED) is 0.444. The molecule has 132 valence electrons. The summed E-state index contributed by atoms with van der Waals surface area (Å²) in [5.41, 5.74) is 4.92. The standard InChI is InChI=1S/C21H24BCl3/c1-16-7-11-19(12-8-16)22(18-5-3-2-4-6-18)20-13-9-17(10-14-20)21(24,25)15-23/h7-14,18H,2-6,15H2,1H3. The minimum Gasteiger partial charge on any atom is -0.123 e. The van der Waals surface area contributed by atoms with E-state index in [0.29, 0.717) is 12.5 Å². The van der Waals surface area contributed by atoms with Crippen LogP contribution in [0.15, 0.2) is 48.5 Å². The van der Waals surface area contributed by atoms with Crippen LogP contribution in [0.3, 0.4) is 0 Å². The molecule has 0 N–H and O–H groups in total. The molecule has 2 aromatic rings. The van der Waals surface area contributed by atoms with Gasteiger partial charge in [0, 0.05) is 0 Å². The fraction of sp³-hybridized carbons (Fsp3) is 0.429. The van der Waals surface area contributed by atoms with E-state index in [1.165, 1.54) is 48.6 Å². The lowest BCUT2D eigenvalue weighted by molar-refractivity contribution is 0.499. The molecule has 0 unspecified atom stereocenters. The van der Waals surface area contributed by atoms with Crippen molar-refractivity contribution >= 4 is 52.4 Å². The Morgan fingerprint density at radius 3 is 1.92 bits per heavy atom. The van der Waals surface area contributed by atoms with Crippen LogP contribution in [-0.2, 0) is 4.33 Å². The van der Waals surface area contributed by atoms with E-state index < -0.39 is 4.33 Å². The predicted octanol–water partition coefficient (Wildman–Crippen LogP) is 5.81. The zero-order valence-electron chi connectivity index (χ0n) is 14.7. The van der Waals surface area contributed by atoms with Gasteiger partial charge >= 0.3 is 0 Å². The minimum atomic E-state index is -1.02. The van der Waals surface area contributed by atoms with Gasteiger partial charge in [-0.2, -0.15) is 0 Å². The Balaban J connectivity index is 1.95. The molecule has 0 spiro atoms. The Morgan fingerprint density at radius 1 is 0.880 bits per heavy atom. The summed E-state index contributed by atoms with van der Waals surface area (Å²) in [4.78, 5) is 0. The van der Waals surface area contributed by atoms with E-state index in [9.17, 15) is 0 Å². The van der Waals surface area contributed by atoms with Crippen LogP contribution in [0.5, 0.6) is 0 Å². The molecule has 3 rings (SSSR count). The third-order valence-electron chi connectivity index (χ3n) is 5.42. The third-order valence-corrected chi connectivity index (χ3v) is 6.80. The maximum atomic E-state index is 6.29. The lowest BCUT2D eigenvalue weighted by Gasteiger charge is -2.29. The second kappa shape index (κ2) is 8.38. The molecule has 0 aromatic heterocycles. The molecule has 0 saturated heterocycles. The first kappa shape index (κ1) is 19.1. The molecule has 25 heavy (non-hydrogen) atoms. The Hall–Kier alpha value is -0.625. The molecule has 1 aliphatic rings. The van der Waals surface area contributed by atoms with Crippen molar-refractivity contribution in [2.75, 3.05) is 5.88 Å². The monoisotopic (exact) mass is 392 g/mol. The molecular weight excluding hydrogens is 369 g/mol. The molecule has 0 atom stereocenters. The Bertz CT molecular complexity index is 673. The first-order valence-corrected chi connectivity index (χ1v) is 10.4. The lowest BCUT2D eigenvalue weighted by Crippen LogP contribution is -2.46. The van der Waals surface area contributed by atoms with Crippen molar-refractivity contribution in [2.45, 2.75) is 49.2 Å². The second-order valence-electron chi connectivity index (χ2n) is 7.25. The van der Waals surface area contributed by atoms with Gasteiger partial charge in [-0.3, -0.25) is 0 Å². The highest BCUT2D eigenvalue weighted by atomic mass is 35.5. The van der Waals surface area contributed by atoms with E-state index in [1.807, 2.05) is 12.1 Å². The molecule has 4 heteroatoms. The largest absolute Gasteiger partial charge is 0.212 e. The topological polar surface area (TPSA) is 0 Å². The summed E-state index contributed by atoms with van der Waals surface area (Å²) in [5.74, 6) is 0.881. The molecule has 2 aromatic carbocycles. The minimum absolute atomic E-state index is 0.180. The highest BCUT2D eigenvalue weighted by Crippen LogP contribution is 2.35. The van der Waals surface area contributed by atoms with Gasteiger partial charge in [-0.1, -0.05) is 126 Å². The molecular formula is C21H24BCl3. The maximum absolute atomic E-state index is 6.29. The fourth-order valence-corrected chi connectivity index (χ4v) is 4.40. The molecule has 0 nitrogen and oxygen atoms in total. The van der Waals surface area contributed by atoms with Gasteiger partial charge in [0.2, 0.25) is 6.71 Å². The normalized spacial score (nSPS) is 16.0. The van der Waals surface area contributed by atoms with E-state index in [1.54, 1.807) is 0 Å². The van der Waals surface area contributed by atoms with E-state index in [-0.39, 0.29) is 5.88 Å². The van der Waals surface area contributed by atoms with Crippen LogP contribution in [0.2, 0.25) is 5.82 Å². The molecule has 1 saturated carbocycles. The van der Waals surface area contributed by atoms with Gasteiger partial charge in [0.05, 0.1) is 5.88 Å². The second-order valence-corrected chi connectivity index (χ2v) is 9.00. The molecule has 1 aliphatic carbocycles. The van der Waals surface area contributed by atoms with Crippen LogP contribution in [0.25, 0.3) is 0 Å². The SMILES string of the molecule is Cc1ccc(B(c2ccc(C(Cl)(Cl)CCl)cc2)C2CCCCC2)cc1. The first-order valence-electron chi connectivity index (χ1n) is 9.12. The smallest absolute Gasteiger partial charge is 0.123 e. The van der Waals surface area contributed by atoms with Crippen molar-refractivity contribution in [1.29, 1.82) is 0 Å². The van der Waals surface area contributed by atoms with Gasteiger partial charge in [-0.25, -0.2) is 0 Å². The zero-order chi connectivity index (χ0) is 17.9. The number of rotatable bonds is 5.